The van der Waals surface area contributed by atoms with Crippen LogP contribution in [0.3, 0.4) is 0 Å². The number of hydrogen-bond donors (Lipinski definition) is 1. The van der Waals surface area contributed by atoms with Gasteiger partial charge in [0, 0.05) is 16.6 Å². The second-order valence-corrected chi connectivity index (χ2v) is 5.50. The lowest BCUT2D eigenvalue weighted by molar-refractivity contribution is 0.208. The summed E-state index contributed by atoms with van der Waals surface area (Å²) < 4.78 is 41.2. The maximum Gasteiger partial charge on any atom is 0.135 e. The van der Waals surface area contributed by atoms with Crippen molar-refractivity contribution in [1.29, 1.82) is 0 Å². The monoisotopic (exact) mass is 344 g/mol. The third kappa shape index (κ3) is 2.74. The van der Waals surface area contributed by atoms with Crippen LogP contribution >= 0.6 is 15.9 Å². The van der Waals surface area contributed by atoms with Gasteiger partial charge >= 0.3 is 0 Å². The van der Waals surface area contributed by atoms with E-state index < -0.39 is 29.1 Å². The zero-order valence-corrected chi connectivity index (χ0v) is 12.4. The molecule has 5 heteroatoms. The van der Waals surface area contributed by atoms with Crippen LogP contribution in [0.5, 0.6) is 0 Å². The fourth-order valence-electron chi connectivity index (χ4n) is 2.07. The average Bonchev–Trinajstić information content (AvgIpc) is 2.32. The number of aryl methyl sites for hydroxylation is 2. The molecular weight excluding hydrogens is 333 g/mol. The van der Waals surface area contributed by atoms with Gasteiger partial charge in [0.05, 0.1) is 5.56 Å². The molecule has 0 aliphatic carbocycles. The quantitative estimate of drug-likeness (QED) is 0.846. The van der Waals surface area contributed by atoms with Crippen LogP contribution in [-0.4, -0.2) is 5.11 Å². The van der Waals surface area contributed by atoms with Crippen molar-refractivity contribution >= 4 is 15.9 Å². The molecule has 0 aromatic heterocycles. The lowest BCUT2D eigenvalue weighted by atomic mass is 9.95. The number of benzene rings is 2. The fraction of sp³-hybridized carbons (Fsp3) is 0.200. The highest BCUT2D eigenvalue weighted by atomic mass is 79.9. The molecule has 0 spiro atoms. The number of aliphatic hydroxyl groups excluding tert-OH is 1. The summed E-state index contributed by atoms with van der Waals surface area (Å²) in [5.41, 5.74) is 1.34. The van der Waals surface area contributed by atoms with Crippen molar-refractivity contribution in [2.75, 3.05) is 0 Å². The van der Waals surface area contributed by atoms with Crippen molar-refractivity contribution in [2.24, 2.45) is 0 Å². The minimum atomic E-state index is -1.48. The molecule has 2 aromatic carbocycles. The van der Waals surface area contributed by atoms with Crippen molar-refractivity contribution in [2.45, 2.75) is 20.0 Å². The van der Waals surface area contributed by atoms with Gasteiger partial charge in [-0.1, -0.05) is 22.0 Å². The van der Waals surface area contributed by atoms with Crippen molar-refractivity contribution < 1.29 is 18.3 Å². The van der Waals surface area contributed by atoms with E-state index in [9.17, 15) is 18.3 Å². The molecule has 0 aliphatic heterocycles. The second kappa shape index (κ2) is 5.58. The highest BCUT2D eigenvalue weighted by Gasteiger charge is 2.22. The summed E-state index contributed by atoms with van der Waals surface area (Å²) in [6.07, 6.45) is -1.48. The molecule has 0 saturated heterocycles. The molecule has 0 saturated carbocycles. The maximum absolute atomic E-state index is 13.7. The van der Waals surface area contributed by atoms with Crippen molar-refractivity contribution in [3.63, 3.8) is 0 Å². The van der Waals surface area contributed by atoms with Gasteiger partial charge in [-0.05, 0) is 36.6 Å². The molecule has 0 radical (unpaired) electrons. The van der Waals surface area contributed by atoms with E-state index in [1.165, 1.54) is 0 Å². The van der Waals surface area contributed by atoms with Crippen LogP contribution in [0.15, 0.2) is 28.7 Å². The van der Waals surface area contributed by atoms with Gasteiger partial charge in [0.1, 0.15) is 23.6 Å². The first kappa shape index (κ1) is 15.1. The average molecular weight is 345 g/mol. The molecule has 1 atom stereocenters. The van der Waals surface area contributed by atoms with E-state index in [0.29, 0.717) is 23.3 Å². The van der Waals surface area contributed by atoms with Crippen LogP contribution in [-0.2, 0) is 0 Å². The van der Waals surface area contributed by atoms with Gasteiger partial charge in [0.25, 0.3) is 0 Å². The molecule has 1 unspecified atom stereocenters. The van der Waals surface area contributed by atoms with E-state index in [2.05, 4.69) is 15.9 Å². The lowest BCUT2D eigenvalue weighted by Gasteiger charge is -2.17. The van der Waals surface area contributed by atoms with Crippen molar-refractivity contribution in [3.05, 3.63) is 68.4 Å². The molecule has 106 valence electrons. The van der Waals surface area contributed by atoms with Crippen molar-refractivity contribution in [3.8, 4) is 0 Å². The summed E-state index contributed by atoms with van der Waals surface area (Å²) in [7, 11) is 0. The first-order chi connectivity index (χ1) is 9.31. The molecule has 2 aromatic rings. The van der Waals surface area contributed by atoms with Crippen LogP contribution in [0.2, 0.25) is 0 Å². The SMILES string of the molecule is Cc1cc(C(O)c2c(F)cc(F)cc2F)c(C)cc1Br. The first-order valence-electron chi connectivity index (χ1n) is 5.90. The van der Waals surface area contributed by atoms with Gasteiger partial charge < -0.3 is 5.11 Å². The van der Waals surface area contributed by atoms with Crippen LogP contribution < -0.4 is 0 Å². The fourth-order valence-corrected chi connectivity index (χ4v) is 2.53. The summed E-state index contributed by atoms with van der Waals surface area (Å²) in [6.45, 7) is 3.53. The lowest BCUT2D eigenvalue weighted by Crippen LogP contribution is -2.08. The number of rotatable bonds is 2. The second-order valence-electron chi connectivity index (χ2n) is 4.64. The Morgan fingerprint density at radius 2 is 1.50 bits per heavy atom. The zero-order valence-electron chi connectivity index (χ0n) is 10.8. The molecule has 0 fully saturated rings. The summed E-state index contributed by atoms with van der Waals surface area (Å²) in [6, 6.07) is 4.52. The molecule has 0 heterocycles. The summed E-state index contributed by atoms with van der Waals surface area (Å²) in [5.74, 6) is -3.22. The first-order valence-corrected chi connectivity index (χ1v) is 6.69. The van der Waals surface area contributed by atoms with E-state index in [1.807, 2.05) is 0 Å². The molecule has 20 heavy (non-hydrogen) atoms. The topological polar surface area (TPSA) is 20.2 Å². The van der Waals surface area contributed by atoms with Gasteiger partial charge in [-0.2, -0.15) is 0 Å². The van der Waals surface area contributed by atoms with Crippen LogP contribution in [0, 0.1) is 31.3 Å². The smallest absolute Gasteiger partial charge is 0.135 e. The van der Waals surface area contributed by atoms with E-state index in [-0.39, 0.29) is 0 Å². The Bertz CT molecular complexity index is 647. The van der Waals surface area contributed by atoms with Gasteiger partial charge in [0.15, 0.2) is 0 Å². The minimum Gasteiger partial charge on any atom is -0.383 e. The molecule has 1 nitrogen and oxygen atoms in total. The highest BCUT2D eigenvalue weighted by Crippen LogP contribution is 2.32. The van der Waals surface area contributed by atoms with Gasteiger partial charge in [-0.3, -0.25) is 0 Å². The largest absolute Gasteiger partial charge is 0.383 e. The molecule has 2 rings (SSSR count). The predicted octanol–water partition coefficient (Wildman–Crippen LogP) is 4.56. The predicted molar refractivity (Wildman–Crippen MR) is 74.0 cm³/mol. The third-order valence-electron chi connectivity index (χ3n) is 3.16. The van der Waals surface area contributed by atoms with Crippen LogP contribution in [0.1, 0.15) is 28.4 Å². The van der Waals surface area contributed by atoms with Gasteiger partial charge in [-0.25, -0.2) is 13.2 Å². The Labute approximate surface area is 123 Å². The van der Waals surface area contributed by atoms with E-state index in [0.717, 1.165) is 10.0 Å². The Hall–Kier alpha value is -1.33. The molecule has 0 bridgehead atoms. The highest BCUT2D eigenvalue weighted by molar-refractivity contribution is 9.10. The molecule has 0 aliphatic rings. The Morgan fingerprint density at radius 1 is 0.950 bits per heavy atom. The third-order valence-corrected chi connectivity index (χ3v) is 4.01. The number of aliphatic hydroxyl groups is 1. The van der Waals surface area contributed by atoms with E-state index in [4.69, 9.17) is 0 Å². The number of halogens is 4. The summed E-state index contributed by atoms with van der Waals surface area (Å²) in [4.78, 5) is 0. The van der Waals surface area contributed by atoms with Gasteiger partial charge in [-0.15, -0.1) is 0 Å². The number of hydrogen-bond acceptors (Lipinski definition) is 1. The standard InChI is InChI=1S/C15H12BrF3O/c1-7-4-11(16)8(2)3-10(7)15(20)14-12(18)5-9(17)6-13(14)19/h3-6,15,20H,1-2H3. The zero-order chi connectivity index (χ0) is 15.0. The van der Waals surface area contributed by atoms with Crippen LogP contribution in [0.4, 0.5) is 13.2 Å². The van der Waals surface area contributed by atoms with E-state index >= 15 is 0 Å². The maximum atomic E-state index is 13.7. The molecule has 1 N–H and O–H groups in total. The van der Waals surface area contributed by atoms with Gasteiger partial charge in [0.2, 0.25) is 0 Å². The molecule has 0 amide bonds. The Morgan fingerprint density at radius 3 is 2.05 bits per heavy atom. The summed E-state index contributed by atoms with van der Waals surface area (Å²) in [5, 5.41) is 10.2. The normalized spacial score (nSPS) is 12.6. The summed E-state index contributed by atoms with van der Waals surface area (Å²) >= 11 is 3.34. The van der Waals surface area contributed by atoms with E-state index in [1.54, 1.807) is 26.0 Å². The minimum absolute atomic E-state index is 0.384. The van der Waals surface area contributed by atoms with Crippen molar-refractivity contribution in [1.82, 2.24) is 0 Å². The van der Waals surface area contributed by atoms with Crippen LogP contribution in [0.25, 0.3) is 0 Å². The Balaban J connectivity index is 2.57. The Kier molecular flexibility index (Phi) is 4.20. The molecular formula is C15H12BrF3O.